The second-order valence-corrected chi connectivity index (χ2v) is 4.38. The van der Waals surface area contributed by atoms with E-state index < -0.39 is 0 Å². The molecule has 1 aromatic carbocycles. The van der Waals surface area contributed by atoms with Gasteiger partial charge in [0.2, 0.25) is 5.95 Å². The molecule has 2 aromatic rings. The molecule has 104 valence electrons. The molecule has 0 saturated carbocycles. The van der Waals surface area contributed by atoms with E-state index in [1.54, 1.807) is 23.2 Å². The van der Waals surface area contributed by atoms with Gasteiger partial charge in [0, 0.05) is 0 Å². The van der Waals surface area contributed by atoms with E-state index in [1.165, 1.54) is 0 Å². The van der Waals surface area contributed by atoms with Crippen LogP contribution in [0.2, 0.25) is 0 Å². The van der Waals surface area contributed by atoms with E-state index in [4.69, 9.17) is 10.5 Å². The molecule has 0 atom stereocenters. The quantitative estimate of drug-likeness (QED) is 0.498. The number of aromatic nitrogens is 2. The van der Waals surface area contributed by atoms with Crippen molar-refractivity contribution >= 4 is 12.2 Å². The minimum absolute atomic E-state index is 0.379. The standard InChI is InChI=1S/C15H18N4O/c1-3-7-20-11-14-6-4-5-13(8-14)9-17-19-10-12(2)18-15(19)16/h3-6,8-10H,1,7,11H2,2H3,(H2,16,18). The third kappa shape index (κ3) is 3.80. The number of rotatable bonds is 6. The number of imidazole rings is 1. The lowest BCUT2D eigenvalue weighted by Crippen LogP contribution is -1.97. The number of benzene rings is 1. The Morgan fingerprint density at radius 1 is 1.50 bits per heavy atom. The molecule has 1 heterocycles. The number of aryl methyl sites for hydroxylation is 1. The van der Waals surface area contributed by atoms with E-state index in [0.29, 0.717) is 19.2 Å². The van der Waals surface area contributed by atoms with Gasteiger partial charge in [0.15, 0.2) is 0 Å². The lowest BCUT2D eigenvalue weighted by atomic mass is 10.1. The number of hydrogen-bond donors (Lipinski definition) is 1. The second-order valence-electron chi connectivity index (χ2n) is 4.38. The van der Waals surface area contributed by atoms with Gasteiger partial charge in [-0.25, -0.2) is 9.66 Å². The Hall–Kier alpha value is -2.40. The van der Waals surface area contributed by atoms with Crippen LogP contribution in [-0.4, -0.2) is 22.5 Å². The van der Waals surface area contributed by atoms with Crippen LogP contribution in [0, 0.1) is 6.92 Å². The summed E-state index contributed by atoms with van der Waals surface area (Å²) in [6.07, 6.45) is 5.26. The van der Waals surface area contributed by atoms with Crippen molar-refractivity contribution in [1.82, 2.24) is 9.66 Å². The van der Waals surface area contributed by atoms with Gasteiger partial charge < -0.3 is 10.5 Å². The summed E-state index contributed by atoms with van der Waals surface area (Å²) in [7, 11) is 0. The summed E-state index contributed by atoms with van der Waals surface area (Å²) in [5.74, 6) is 0.379. The average Bonchev–Trinajstić information content (AvgIpc) is 2.76. The molecule has 0 spiro atoms. The van der Waals surface area contributed by atoms with Crippen molar-refractivity contribution in [2.24, 2.45) is 5.10 Å². The number of nitrogen functional groups attached to an aromatic ring is 1. The average molecular weight is 270 g/mol. The molecule has 0 fully saturated rings. The predicted octanol–water partition coefficient (Wildman–Crippen LogP) is 2.36. The number of hydrogen-bond acceptors (Lipinski definition) is 4. The van der Waals surface area contributed by atoms with E-state index in [2.05, 4.69) is 16.7 Å². The first-order valence-electron chi connectivity index (χ1n) is 6.32. The van der Waals surface area contributed by atoms with Crippen LogP contribution >= 0.6 is 0 Å². The Morgan fingerprint density at radius 2 is 2.35 bits per heavy atom. The van der Waals surface area contributed by atoms with Crippen molar-refractivity contribution in [2.75, 3.05) is 12.3 Å². The lowest BCUT2D eigenvalue weighted by Gasteiger charge is -2.02. The maximum atomic E-state index is 5.73. The molecule has 0 bridgehead atoms. The Bertz CT molecular complexity index is 616. The topological polar surface area (TPSA) is 65.4 Å². The smallest absolute Gasteiger partial charge is 0.221 e. The summed E-state index contributed by atoms with van der Waals surface area (Å²) in [5, 5.41) is 4.28. The summed E-state index contributed by atoms with van der Waals surface area (Å²) in [5.41, 5.74) is 8.63. The van der Waals surface area contributed by atoms with E-state index in [1.807, 2.05) is 31.2 Å². The molecule has 2 rings (SSSR count). The van der Waals surface area contributed by atoms with Crippen LogP contribution in [0.4, 0.5) is 5.95 Å². The van der Waals surface area contributed by atoms with E-state index in [9.17, 15) is 0 Å². The fraction of sp³-hybridized carbons (Fsp3) is 0.200. The summed E-state index contributed by atoms with van der Waals surface area (Å²) >= 11 is 0. The van der Waals surface area contributed by atoms with Gasteiger partial charge in [-0.2, -0.15) is 5.10 Å². The summed E-state index contributed by atoms with van der Waals surface area (Å²) < 4.78 is 6.96. The van der Waals surface area contributed by atoms with Crippen LogP contribution < -0.4 is 5.73 Å². The van der Waals surface area contributed by atoms with E-state index in [0.717, 1.165) is 16.8 Å². The van der Waals surface area contributed by atoms with Crippen molar-refractivity contribution in [1.29, 1.82) is 0 Å². The normalized spacial score (nSPS) is 11.1. The zero-order chi connectivity index (χ0) is 14.4. The van der Waals surface area contributed by atoms with Crippen LogP contribution in [0.5, 0.6) is 0 Å². The SMILES string of the molecule is C=CCOCc1cccc(C=Nn2cc(C)nc2N)c1. The molecule has 20 heavy (non-hydrogen) atoms. The molecule has 0 unspecified atom stereocenters. The first kappa shape index (κ1) is 14.0. The van der Waals surface area contributed by atoms with Crippen LogP contribution in [0.1, 0.15) is 16.8 Å². The first-order chi connectivity index (χ1) is 9.69. The fourth-order valence-electron chi connectivity index (χ4n) is 1.75. The first-order valence-corrected chi connectivity index (χ1v) is 6.32. The maximum Gasteiger partial charge on any atom is 0.221 e. The zero-order valence-electron chi connectivity index (χ0n) is 11.5. The third-order valence-electron chi connectivity index (χ3n) is 2.62. The molecule has 0 aliphatic carbocycles. The molecule has 2 N–H and O–H groups in total. The Balaban J connectivity index is 2.07. The van der Waals surface area contributed by atoms with Gasteiger partial charge in [-0.3, -0.25) is 0 Å². The Kier molecular flexibility index (Phi) is 4.68. The van der Waals surface area contributed by atoms with Gasteiger partial charge in [0.05, 0.1) is 31.3 Å². The highest BCUT2D eigenvalue weighted by atomic mass is 16.5. The summed E-state index contributed by atoms with van der Waals surface area (Å²) in [6, 6.07) is 7.97. The molecule has 0 aliphatic heterocycles. The Morgan fingerprint density at radius 3 is 3.05 bits per heavy atom. The minimum atomic E-state index is 0.379. The van der Waals surface area contributed by atoms with Crippen molar-refractivity contribution in [3.63, 3.8) is 0 Å². The molecule has 0 aliphatic rings. The Labute approximate surface area is 118 Å². The number of nitrogens with two attached hydrogens (primary N) is 1. The molecular weight excluding hydrogens is 252 g/mol. The van der Waals surface area contributed by atoms with Crippen LogP contribution in [0.25, 0.3) is 0 Å². The van der Waals surface area contributed by atoms with Crippen molar-refractivity contribution in [2.45, 2.75) is 13.5 Å². The molecule has 5 heteroatoms. The van der Waals surface area contributed by atoms with Gasteiger partial charge >= 0.3 is 0 Å². The van der Waals surface area contributed by atoms with Gasteiger partial charge in [0.25, 0.3) is 0 Å². The van der Waals surface area contributed by atoms with Crippen LogP contribution in [0.15, 0.2) is 48.2 Å². The lowest BCUT2D eigenvalue weighted by molar-refractivity contribution is 0.149. The highest BCUT2D eigenvalue weighted by Gasteiger charge is 1.99. The summed E-state index contributed by atoms with van der Waals surface area (Å²) in [4.78, 5) is 4.09. The van der Waals surface area contributed by atoms with Crippen molar-refractivity contribution in [3.05, 3.63) is 59.9 Å². The predicted molar refractivity (Wildman–Crippen MR) is 80.7 cm³/mol. The highest BCUT2D eigenvalue weighted by molar-refractivity contribution is 5.79. The largest absolute Gasteiger partial charge is 0.373 e. The highest BCUT2D eigenvalue weighted by Crippen LogP contribution is 2.07. The molecule has 5 nitrogen and oxygen atoms in total. The number of anilines is 1. The zero-order valence-corrected chi connectivity index (χ0v) is 11.5. The minimum Gasteiger partial charge on any atom is -0.373 e. The molecule has 0 saturated heterocycles. The van der Waals surface area contributed by atoms with Gasteiger partial charge in [-0.15, -0.1) is 6.58 Å². The van der Waals surface area contributed by atoms with E-state index in [-0.39, 0.29) is 0 Å². The fourth-order valence-corrected chi connectivity index (χ4v) is 1.75. The molecule has 0 radical (unpaired) electrons. The molecule has 0 amide bonds. The van der Waals surface area contributed by atoms with Crippen molar-refractivity contribution in [3.8, 4) is 0 Å². The van der Waals surface area contributed by atoms with Crippen LogP contribution in [-0.2, 0) is 11.3 Å². The molecule has 1 aromatic heterocycles. The van der Waals surface area contributed by atoms with Gasteiger partial charge in [-0.05, 0) is 24.1 Å². The third-order valence-corrected chi connectivity index (χ3v) is 2.62. The van der Waals surface area contributed by atoms with Crippen LogP contribution in [0.3, 0.4) is 0 Å². The number of ether oxygens (including phenoxy) is 1. The van der Waals surface area contributed by atoms with E-state index >= 15 is 0 Å². The van der Waals surface area contributed by atoms with Crippen molar-refractivity contribution < 1.29 is 4.74 Å². The monoisotopic (exact) mass is 270 g/mol. The van der Waals surface area contributed by atoms with Gasteiger partial charge in [-0.1, -0.05) is 24.3 Å². The van der Waals surface area contributed by atoms with Gasteiger partial charge in [0.1, 0.15) is 0 Å². The maximum absolute atomic E-state index is 5.73. The second kappa shape index (κ2) is 6.68. The summed E-state index contributed by atoms with van der Waals surface area (Å²) in [6.45, 7) is 6.59. The number of nitrogens with zero attached hydrogens (tertiary/aromatic N) is 3. The molecular formula is C15H18N4O.